The van der Waals surface area contributed by atoms with Crippen molar-refractivity contribution in [3.63, 3.8) is 0 Å². The van der Waals surface area contributed by atoms with Gasteiger partial charge in [0.15, 0.2) is 0 Å². The highest BCUT2D eigenvalue weighted by Crippen LogP contribution is 2.16. The summed E-state index contributed by atoms with van der Waals surface area (Å²) in [7, 11) is 1.75. The summed E-state index contributed by atoms with van der Waals surface area (Å²) in [4.78, 5) is 0. The standard InChI is InChI=1S/C8H17NOS/c1-10-5-4-9-8-3-2-6-11-7-8/h8-9H,2-7H2,1H3/t8-/m0/s1. The summed E-state index contributed by atoms with van der Waals surface area (Å²) in [5, 5.41) is 3.48. The summed E-state index contributed by atoms with van der Waals surface area (Å²) in [6.45, 7) is 1.84. The lowest BCUT2D eigenvalue weighted by molar-refractivity contribution is 0.196. The lowest BCUT2D eigenvalue weighted by Crippen LogP contribution is -2.35. The van der Waals surface area contributed by atoms with Gasteiger partial charge in [0.2, 0.25) is 0 Å². The van der Waals surface area contributed by atoms with E-state index in [0.29, 0.717) is 0 Å². The molecular weight excluding hydrogens is 158 g/mol. The van der Waals surface area contributed by atoms with Gasteiger partial charge in [0.25, 0.3) is 0 Å². The fourth-order valence-electron chi connectivity index (χ4n) is 1.27. The van der Waals surface area contributed by atoms with E-state index in [4.69, 9.17) is 4.74 Å². The van der Waals surface area contributed by atoms with E-state index < -0.39 is 0 Å². The van der Waals surface area contributed by atoms with Crippen LogP contribution in [0.1, 0.15) is 12.8 Å². The van der Waals surface area contributed by atoms with E-state index in [0.717, 1.165) is 19.2 Å². The Bertz CT molecular complexity index is 94.1. The van der Waals surface area contributed by atoms with Gasteiger partial charge in [-0.2, -0.15) is 11.8 Å². The molecule has 3 heteroatoms. The molecular formula is C8H17NOS. The van der Waals surface area contributed by atoms with Gasteiger partial charge in [0, 0.05) is 25.4 Å². The van der Waals surface area contributed by atoms with E-state index in [1.54, 1.807) is 7.11 Å². The predicted octanol–water partition coefficient (Wildman–Crippen LogP) is 1.12. The zero-order valence-corrected chi connectivity index (χ0v) is 7.95. The minimum Gasteiger partial charge on any atom is -0.383 e. The van der Waals surface area contributed by atoms with Crippen LogP contribution in [0.2, 0.25) is 0 Å². The Kier molecular flexibility index (Phi) is 4.99. The first-order valence-electron chi connectivity index (χ1n) is 4.23. The zero-order chi connectivity index (χ0) is 7.94. The van der Waals surface area contributed by atoms with Crippen LogP contribution in [-0.2, 0) is 4.74 Å². The largest absolute Gasteiger partial charge is 0.383 e. The second-order valence-corrected chi connectivity index (χ2v) is 4.01. The maximum absolute atomic E-state index is 4.96. The molecule has 0 spiro atoms. The van der Waals surface area contributed by atoms with Gasteiger partial charge in [-0.1, -0.05) is 0 Å². The second kappa shape index (κ2) is 5.86. The third-order valence-electron chi connectivity index (χ3n) is 1.90. The predicted molar refractivity (Wildman–Crippen MR) is 50.2 cm³/mol. The number of ether oxygens (including phenoxy) is 1. The van der Waals surface area contributed by atoms with Crippen LogP contribution >= 0.6 is 11.8 Å². The highest BCUT2D eigenvalue weighted by molar-refractivity contribution is 7.99. The van der Waals surface area contributed by atoms with Crippen LogP contribution in [0.5, 0.6) is 0 Å². The minimum atomic E-state index is 0.740. The molecule has 1 fully saturated rings. The summed E-state index contributed by atoms with van der Waals surface area (Å²) in [5.41, 5.74) is 0. The molecule has 1 aliphatic heterocycles. The van der Waals surface area contributed by atoms with Crippen molar-refractivity contribution in [3.8, 4) is 0 Å². The number of hydrogen-bond acceptors (Lipinski definition) is 3. The molecule has 0 amide bonds. The fraction of sp³-hybridized carbons (Fsp3) is 1.00. The first kappa shape index (κ1) is 9.36. The lowest BCUT2D eigenvalue weighted by Gasteiger charge is -2.22. The molecule has 0 aromatic heterocycles. The molecule has 0 bridgehead atoms. The first-order chi connectivity index (χ1) is 5.43. The maximum Gasteiger partial charge on any atom is 0.0587 e. The van der Waals surface area contributed by atoms with Crippen LogP contribution in [0.25, 0.3) is 0 Å². The van der Waals surface area contributed by atoms with Gasteiger partial charge in [-0.05, 0) is 18.6 Å². The Morgan fingerprint density at radius 2 is 2.55 bits per heavy atom. The summed E-state index contributed by atoms with van der Waals surface area (Å²) >= 11 is 2.06. The van der Waals surface area contributed by atoms with Crippen molar-refractivity contribution < 1.29 is 4.74 Å². The molecule has 1 N–H and O–H groups in total. The van der Waals surface area contributed by atoms with Gasteiger partial charge >= 0.3 is 0 Å². The minimum absolute atomic E-state index is 0.740. The van der Waals surface area contributed by atoms with Gasteiger partial charge in [-0.15, -0.1) is 0 Å². The van der Waals surface area contributed by atoms with Gasteiger partial charge in [-0.3, -0.25) is 0 Å². The Balaban J connectivity index is 1.96. The highest BCUT2D eigenvalue weighted by atomic mass is 32.2. The third-order valence-corrected chi connectivity index (χ3v) is 3.11. The van der Waals surface area contributed by atoms with Crippen LogP contribution in [0, 0.1) is 0 Å². The Hall–Kier alpha value is 0.270. The summed E-state index contributed by atoms with van der Waals surface area (Å²) in [6.07, 6.45) is 2.71. The van der Waals surface area contributed by atoms with Gasteiger partial charge < -0.3 is 10.1 Å². The van der Waals surface area contributed by atoms with Crippen molar-refractivity contribution in [3.05, 3.63) is 0 Å². The average Bonchev–Trinajstić information content (AvgIpc) is 2.07. The first-order valence-corrected chi connectivity index (χ1v) is 5.39. The molecule has 1 heterocycles. The summed E-state index contributed by atoms with van der Waals surface area (Å²) in [6, 6.07) is 0.740. The van der Waals surface area contributed by atoms with E-state index in [1.807, 2.05) is 0 Å². The van der Waals surface area contributed by atoms with Gasteiger partial charge in [0.05, 0.1) is 6.61 Å². The molecule has 0 saturated carbocycles. The van der Waals surface area contributed by atoms with Crippen molar-refractivity contribution in [1.82, 2.24) is 5.32 Å². The van der Waals surface area contributed by atoms with Crippen molar-refractivity contribution in [1.29, 1.82) is 0 Å². The molecule has 0 unspecified atom stereocenters. The van der Waals surface area contributed by atoms with Crippen LogP contribution < -0.4 is 5.32 Å². The monoisotopic (exact) mass is 175 g/mol. The quantitative estimate of drug-likeness (QED) is 0.647. The Labute approximate surface area is 73.1 Å². The third kappa shape index (κ3) is 3.99. The molecule has 0 aromatic carbocycles. The van der Waals surface area contributed by atoms with E-state index >= 15 is 0 Å². The second-order valence-electron chi connectivity index (χ2n) is 2.86. The summed E-state index contributed by atoms with van der Waals surface area (Å²) in [5.74, 6) is 2.63. The molecule has 66 valence electrons. The topological polar surface area (TPSA) is 21.3 Å². The number of rotatable bonds is 4. The number of thioether (sulfide) groups is 1. The number of nitrogens with one attached hydrogen (secondary N) is 1. The SMILES string of the molecule is COCCN[C@H]1CCCSC1. The molecule has 0 aromatic rings. The molecule has 1 rings (SSSR count). The zero-order valence-electron chi connectivity index (χ0n) is 7.14. The van der Waals surface area contributed by atoms with E-state index in [2.05, 4.69) is 17.1 Å². The van der Waals surface area contributed by atoms with Crippen LogP contribution in [-0.4, -0.2) is 37.8 Å². The highest BCUT2D eigenvalue weighted by Gasteiger charge is 2.11. The Morgan fingerprint density at radius 3 is 3.18 bits per heavy atom. The molecule has 2 nitrogen and oxygen atoms in total. The Morgan fingerprint density at radius 1 is 1.64 bits per heavy atom. The number of hydrogen-bond donors (Lipinski definition) is 1. The normalized spacial score (nSPS) is 25.4. The molecule has 0 radical (unpaired) electrons. The molecule has 1 saturated heterocycles. The van der Waals surface area contributed by atoms with Crippen LogP contribution in [0.4, 0.5) is 0 Å². The van der Waals surface area contributed by atoms with Crippen molar-refractivity contribution in [2.75, 3.05) is 31.8 Å². The summed E-state index contributed by atoms with van der Waals surface area (Å²) < 4.78 is 4.96. The average molecular weight is 175 g/mol. The van der Waals surface area contributed by atoms with E-state index in [9.17, 15) is 0 Å². The fourth-order valence-corrected chi connectivity index (χ4v) is 2.37. The number of methoxy groups -OCH3 is 1. The molecule has 11 heavy (non-hydrogen) atoms. The van der Waals surface area contributed by atoms with Crippen LogP contribution in [0.3, 0.4) is 0 Å². The maximum atomic E-state index is 4.96. The van der Waals surface area contributed by atoms with Crippen molar-refractivity contribution in [2.24, 2.45) is 0 Å². The molecule has 0 aliphatic carbocycles. The van der Waals surface area contributed by atoms with Gasteiger partial charge in [-0.25, -0.2) is 0 Å². The lowest BCUT2D eigenvalue weighted by atomic mass is 10.2. The van der Waals surface area contributed by atoms with Crippen molar-refractivity contribution >= 4 is 11.8 Å². The smallest absolute Gasteiger partial charge is 0.0587 e. The molecule has 1 atom stereocenters. The van der Waals surface area contributed by atoms with Crippen LogP contribution in [0.15, 0.2) is 0 Å². The van der Waals surface area contributed by atoms with Gasteiger partial charge in [0.1, 0.15) is 0 Å². The van der Waals surface area contributed by atoms with Crippen molar-refractivity contribution in [2.45, 2.75) is 18.9 Å². The molecule has 1 aliphatic rings. The van der Waals surface area contributed by atoms with E-state index in [-0.39, 0.29) is 0 Å². The van der Waals surface area contributed by atoms with E-state index in [1.165, 1.54) is 24.3 Å².